The van der Waals surface area contributed by atoms with E-state index in [1.165, 1.54) is 10.9 Å². The van der Waals surface area contributed by atoms with Gasteiger partial charge < -0.3 is 14.6 Å². The molecule has 0 bridgehead atoms. The van der Waals surface area contributed by atoms with E-state index in [4.69, 9.17) is 4.74 Å². The lowest BCUT2D eigenvalue weighted by atomic mass is 10.1. The molecule has 3 rings (SSSR count). The van der Waals surface area contributed by atoms with Crippen LogP contribution in [0.2, 0.25) is 0 Å². The Morgan fingerprint density at radius 1 is 1.24 bits per heavy atom. The molecule has 92 valence electrons. The molecule has 1 fully saturated rings. The minimum atomic E-state index is 0.621. The minimum Gasteiger partial charge on any atom is -0.497 e. The van der Waals surface area contributed by atoms with Crippen molar-refractivity contribution in [1.29, 1.82) is 0 Å². The number of benzene rings is 1. The highest BCUT2D eigenvalue weighted by atomic mass is 16.5. The third-order valence-corrected chi connectivity index (χ3v) is 3.08. The van der Waals surface area contributed by atoms with Crippen molar-refractivity contribution in [1.82, 2.24) is 9.88 Å². The van der Waals surface area contributed by atoms with Crippen molar-refractivity contribution in [2.24, 2.45) is 0 Å². The van der Waals surface area contributed by atoms with Gasteiger partial charge >= 0.3 is 0 Å². The maximum absolute atomic E-state index is 5.21. The molecule has 1 aromatic carbocycles. The smallest absolute Gasteiger partial charge is 0.119 e. The van der Waals surface area contributed by atoms with Crippen molar-refractivity contribution < 1.29 is 4.74 Å². The lowest BCUT2D eigenvalue weighted by Crippen LogP contribution is -2.43. The normalized spacial score (nSPS) is 15.0. The zero-order valence-electron chi connectivity index (χ0n) is 10.7. The van der Waals surface area contributed by atoms with Crippen molar-refractivity contribution >= 4 is 10.9 Å². The van der Waals surface area contributed by atoms with Gasteiger partial charge in [-0.05, 0) is 24.3 Å². The molecule has 3 nitrogen and oxygen atoms in total. The lowest BCUT2D eigenvalue weighted by Gasteiger charge is -2.29. The first-order chi connectivity index (χ1) is 8.38. The van der Waals surface area contributed by atoms with E-state index in [1.807, 2.05) is 19.9 Å². The summed E-state index contributed by atoms with van der Waals surface area (Å²) in [6, 6.07) is 9.00. The fourth-order valence-corrected chi connectivity index (χ4v) is 2.06. The van der Waals surface area contributed by atoms with Crippen LogP contribution >= 0.6 is 0 Å². The molecule has 2 aromatic rings. The first kappa shape index (κ1) is 12.0. The average Bonchev–Trinajstić information content (AvgIpc) is 2.73. The van der Waals surface area contributed by atoms with E-state index < -0.39 is 0 Å². The van der Waals surface area contributed by atoms with Crippen LogP contribution in [0.1, 0.15) is 19.9 Å². The Hall–Kier alpha value is -1.48. The van der Waals surface area contributed by atoms with Crippen LogP contribution in [0.25, 0.3) is 10.9 Å². The Morgan fingerprint density at radius 2 is 2.00 bits per heavy atom. The summed E-state index contributed by atoms with van der Waals surface area (Å²) in [5.41, 5.74) is 1.29. The molecular weight excluding hydrogens is 212 g/mol. The molecule has 0 aliphatic carbocycles. The fourth-order valence-electron chi connectivity index (χ4n) is 2.06. The topological polar surface area (TPSA) is 26.2 Å². The molecule has 2 heterocycles. The van der Waals surface area contributed by atoms with Gasteiger partial charge in [0.25, 0.3) is 0 Å². The molecule has 1 saturated heterocycles. The maximum Gasteiger partial charge on any atom is 0.119 e. The molecule has 1 aliphatic rings. The summed E-state index contributed by atoms with van der Waals surface area (Å²) in [4.78, 5) is 0. The number of nitrogens with one attached hydrogen (secondary N) is 1. The second kappa shape index (κ2) is 5.23. The van der Waals surface area contributed by atoms with Crippen LogP contribution in [-0.2, 0) is 0 Å². The molecule has 0 amide bonds. The fraction of sp³-hybridized carbons (Fsp3) is 0.429. The first-order valence-corrected chi connectivity index (χ1v) is 6.24. The van der Waals surface area contributed by atoms with Gasteiger partial charge in [-0.2, -0.15) is 0 Å². The Morgan fingerprint density at radius 3 is 2.59 bits per heavy atom. The highest BCUT2D eigenvalue weighted by Gasteiger charge is 2.19. The maximum atomic E-state index is 5.21. The lowest BCUT2D eigenvalue weighted by molar-refractivity contribution is 0.352. The molecule has 1 aliphatic heterocycles. The van der Waals surface area contributed by atoms with Gasteiger partial charge in [0, 0.05) is 30.2 Å². The van der Waals surface area contributed by atoms with Crippen LogP contribution in [0.5, 0.6) is 5.75 Å². The van der Waals surface area contributed by atoms with Crippen LogP contribution in [0, 0.1) is 0 Å². The van der Waals surface area contributed by atoms with Crippen molar-refractivity contribution in [2.45, 2.75) is 19.9 Å². The highest BCUT2D eigenvalue weighted by Crippen LogP contribution is 2.25. The van der Waals surface area contributed by atoms with E-state index in [1.54, 1.807) is 7.11 Å². The predicted molar refractivity (Wildman–Crippen MR) is 71.7 cm³/mol. The van der Waals surface area contributed by atoms with Crippen molar-refractivity contribution in [3.8, 4) is 5.75 Å². The quantitative estimate of drug-likeness (QED) is 0.861. The molecule has 0 saturated carbocycles. The Labute approximate surface area is 102 Å². The number of hydrogen-bond donors (Lipinski definition) is 1. The van der Waals surface area contributed by atoms with Gasteiger partial charge in [0.15, 0.2) is 0 Å². The van der Waals surface area contributed by atoms with Crippen LogP contribution in [-0.4, -0.2) is 24.8 Å². The number of hydrogen-bond acceptors (Lipinski definition) is 2. The molecule has 17 heavy (non-hydrogen) atoms. The summed E-state index contributed by atoms with van der Waals surface area (Å²) in [7, 11) is 1.70. The molecule has 3 heteroatoms. The zero-order chi connectivity index (χ0) is 12.3. The second-order valence-electron chi connectivity index (χ2n) is 3.96. The Bertz CT molecular complexity index is 486. The SMILES string of the molecule is CC.COc1ccc2c(ccn2C2CNC2)c1. The molecule has 1 aromatic heterocycles. The largest absolute Gasteiger partial charge is 0.497 e. The van der Waals surface area contributed by atoms with Gasteiger partial charge in [-0.3, -0.25) is 0 Å². The third-order valence-electron chi connectivity index (χ3n) is 3.08. The van der Waals surface area contributed by atoms with E-state index in [-0.39, 0.29) is 0 Å². The van der Waals surface area contributed by atoms with Crippen molar-refractivity contribution in [3.05, 3.63) is 30.5 Å². The molecule has 0 unspecified atom stereocenters. The highest BCUT2D eigenvalue weighted by molar-refractivity contribution is 5.81. The van der Waals surface area contributed by atoms with E-state index in [9.17, 15) is 0 Å². The number of aromatic nitrogens is 1. The van der Waals surface area contributed by atoms with Gasteiger partial charge in [0.1, 0.15) is 5.75 Å². The average molecular weight is 232 g/mol. The van der Waals surface area contributed by atoms with Crippen LogP contribution < -0.4 is 10.1 Å². The van der Waals surface area contributed by atoms with Crippen molar-refractivity contribution in [3.63, 3.8) is 0 Å². The minimum absolute atomic E-state index is 0.621. The molecule has 0 spiro atoms. The summed E-state index contributed by atoms with van der Waals surface area (Å²) >= 11 is 0. The van der Waals surface area contributed by atoms with Crippen molar-refractivity contribution in [2.75, 3.05) is 20.2 Å². The first-order valence-electron chi connectivity index (χ1n) is 6.24. The summed E-state index contributed by atoms with van der Waals surface area (Å²) in [6.45, 7) is 6.16. The van der Waals surface area contributed by atoms with E-state index in [0.717, 1.165) is 18.8 Å². The number of ether oxygens (including phenoxy) is 1. The molecule has 0 atom stereocenters. The summed E-state index contributed by atoms with van der Waals surface area (Å²) in [5.74, 6) is 0.923. The summed E-state index contributed by atoms with van der Waals surface area (Å²) in [6.07, 6.45) is 2.16. The Kier molecular flexibility index (Phi) is 3.69. The van der Waals surface area contributed by atoms with Gasteiger partial charge in [-0.1, -0.05) is 13.8 Å². The number of fused-ring (bicyclic) bond motifs is 1. The summed E-state index contributed by atoms with van der Waals surface area (Å²) < 4.78 is 7.55. The van der Waals surface area contributed by atoms with Crippen LogP contribution in [0.15, 0.2) is 30.5 Å². The standard InChI is InChI=1S/C12H14N2O.C2H6/c1-15-11-2-3-12-9(6-11)4-5-14(12)10-7-13-8-10;1-2/h2-6,10,13H,7-8H2,1H3;1-2H3. The predicted octanol–water partition coefficient (Wildman–Crippen LogP) is 2.82. The van der Waals surface area contributed by atoms with Crippen LogP contribution in [0.3, 0.4) is 0 Å². The third kappa shape index (κ3) is 2.15. The van der Waals surface area contributed by atoms with E-state index in [2.05, 4.69) is 34.3 Å². The van der Waals surface area contributed by atoms with E-state index >= 15 is 0 Å². The van der Waals surface area contributed by atoms with Gasteiger partial charge in [0.2, 0.25) is 0 Å². The molecule has 0 radical (unpaired) electrons. The summed E-state index contributed by atoms with van der Waals surface area (Å²) in [5, 5.41) is 4.54. The van der Waals surface area contributed by atoms with Gasteiger partial charge in [-0.25, -0.2) is 0 Å². The number of methoxy groups -OCH3 is 1. The number of nitrogens with zero attached hydrogens (tertiary/aromatic N) is 1. The van der Waals surface area contributed by atoms with Gasteiger partial charge in [0.05, 0.1) is 13.2 Å². The molecular formula is C14H20N2O. The molecule has 1 N–H and O–H groups in total. The monoisotopic (exact) mass is 232 g/mol. The number of rotatable bonds is 2. The van der Waals surface area contributed by atoms with E-state index in [0.29, 0.717) is 6.04 Å². The zero-order valence-corrected chi connectivity index (χ0v) is 10.7. The van der Waals surface area contributed by atoms with Crippen LogP contribution in [0.4, 0.5) is 0 Å². The second-order valence-corrected chi connectivity index (χ2v) is 3.96. The van der Waals surface area contributed by atoms with Gasteiger partial charge in [-0.15, -0.1) is 0 Å². The Balaban J connectivity index is 0.000000514.